The molecule has 23 heavy (non-hydrogen) atoms. The van der Waals surface area contributed by atoms with Gasteiger partial charge in [0.15, 0.2) is 0 Å². The summed E-state index contributed by atoms with van der Waals surface area (Å²) in [5, 5.41) is 23.8. The number of hydrogen-bond donors (Lipinski definition) is 1. The highest BCUT2D eigenvalue weighted by Crippen LogP contribution is 2.25. The fraction of sp³-hybridized carbons (Fsp3) is 0.125. The summed E-state index contributed by atoms with van der Waals surface area (Å²) in [5.41, 5.74) is 0.869. The third-order valence-electron chi connectivity index (χ3n) is 3.36. The van der Waals surface area contributed by atoms with Crippen LogP contribution in [0.25, 0.3) is 10.9 Å². The number of nitro benzene ring substituents is 1. The number of anilines is 1. The number of nitrogens with zero attached hydrogens (tertiary/aromatic N) is 3. The molecule has 3 aromatic rings. The number of non-ortho nitro benzene ring substituents is 1. The van der Waals surface area contributed by atoms with Crippen molar-refractivity contribution in [1.82, 2.24) is 4.98 Å². The maximum absolute atomic E-state index is 10.9. The van der Waals surface area contributed by atoms with Crippen molar-refractivity contribution in [3.05, 3.63) is 61.8 Å². The van der Waals surface area contributed by atoms with Crippen molar-refractivity contribution in [2.24, 2.45) is 0 Å². The van der Waals surface area contributed by atoms with Crippen LogP contribution in [0.1, 0.15) is 15.3 Å². The van der Waals surface area contributed by atoms with Crippen LogP contribution in [-0.2, 0) is 6.54 Å². The first-order chi connectivity index (χ1) is 11.1. The Bertz CT molecular complexity index is 943. The van der Waals surface area contributed by atoms with E-state index < -0.39 is 4.92 Å². The van der Waals surface area contributed by atoms with E-state index in [1.807, 2.05) is 13.0 Å². The summed E-state index contributed by atoms with van der Waals surface area (Å²) in [5.74, 6) is 0.578. The van der Waals surface area contributed by atoms with Gasteiger partial charge < -0.3 is 5.32 Å². The lowest BCUT2D eigenvalue weighted by Gasteiger charge is -2.07. The lowest BCUT2D eigenvalue weighted by molar-refractivity contribution is -0.384. The number of pyridine rings is 1. The standard InChI is InChI=1S/C16H12N4O2S/c1-10-2-4-13(23-10)9-18-16-6-11(8-17)14-7-12(20(21)22)3-5-15(14)19-16/h2-7H,9H2,1H3,(H,18,19). The van der Waals surface area contributed by atoms with E-state index in [1.54, 1.807) is 23.5 Å². The van der Waals surface area contributed by atoms with Crippen molar-refractivity contribution in [2.45, 2.75) is 13.5 Å². The van der Waals surface area contributed by atoms with Gasteiger partial charge >= 0.3 is 0 Å². The van der Waals surface area contributed by atoms with Gasteiger partial charge in [-0.3, -0.25) is 10.1 Å². The van der Waals surface area contributed by atoms with Crippen molar-refractivity contribution in [3.63, 3.8) is 0 Å². The average Bonchev–Trinajstić information content (AvgIpc) is 2.97. The summed E-state index contributed by atoms with van der Waals surface area (Å²) in [7, 11) is 0. The summed E-state index contributed by atoms with van der Waals surface area (Å²) >= 11 is 1.70. The second kappa shape index (κ2) is 6.02. The number of fused-ring (bicyclic) bond motifs is 1. The molecule has 0 bridgehead atoms. The Balaban J connectivity index is 1.95. The molecule has 0 atom stereocenters. The van der Waals surface area contributed by atoms with Gasteiger partial charge in [0, 0.05) is 27.3 Å². The van der Waals surface area contributed by atoms with Crippen LogP contribution >= 0.6 is 11.3 Å². The van der Waals surface area contributed by atoms with Crippen LogP contribution in [0.3, 0.4) is 0 Å². The molecule has 0 unspecified atom stereocenters. The van der Waals surface area contributed by atoms with E-state index in [4.69, 9.17) is 0 Å². The summed E-state index contributed by atoms with van der Waals surface area (Å²) in [6.45, 7) is 2.66. The summed E-state index contributed by atoms with van der Waals surface area (Å²) < 4.78 is 0. The molecule has 0 aliphatic carbocycles. The Morgan fingerprint density at radius 1 is 1.35 bits per heavy atom. The molecule has 3 rings (SSSR count). The maximum Gasteiger partial charge on any atom is 0.270 e. The fourth-order valence-electron chi connectivity index (χ4n) is 2.27. The Labute approximate surface area is 136 Å². The third-order valence-corrected chi connectivity index (χ3v) is 4.36. The third kappa shape index (κ3) is 3.12. The Hall–Kier alpha value is -2.98. The van der Waals surface area contributed by atoms with Gasteiger partial charge in [-0.25, -0.2) is 4.98 Å². The zero-order valence-corrected chi connectivity index (χ0v) is 13.1. The zero-order chi connectivity index (χ0) is 16.4. The number of aryl methyl sites for hydroxylation is 1. The number of thiophene rings is 1. The predicted molar refractivity (Wildman–Crippen MR) is 89.5 cm³/mol. The molecule has 0 aliphatic rings. The van der Waals surface area contributed by atoms with Crippen molar-refractivity contribution in [1.29, 1.82) is 5.26 Å². The highest BCUT2D eigenvalue weighted by Gasteiger charge is 2.11. The van der Waals surface area contributed by atoms with Crippen LogP contribution < -0.4 is 5.32 Å². The molecule has 1 N–H and O–H groups in total. The number of benzene rings is 1. The summed E-state index contributed by atoms with van der Waals surface area (Å²) in [6, 6.07) is 12.1. The van der Waals surface area contributed by atoms with Gasteiger partial charge in [-0.15, -0.1) is 11.3 Å². The molecule has 6 nitrogen and oxygen atoms in total. The van der Waals surface area contributed by atoms with E-state index in [9.17, 15) is 15.4 Å². The van der Waals surface area contributed by atoms with Crippen LogP contribution in [0.4, 0.5) is 11.5 Å². The molecular formula is C16H12N4O2S. The van der Waals surface area contributed by atoms with Gasteiger partial charge in [0.1, 0.15) is 5.82 Å². The van der Waals surface area contributed by atoms with E-state index in [2.05, 4.69) is 22.4 Å². The molecule has 0 radical (unpaired) electrons. The average molecular weight is 324 g/mol. The molecule has 2 aromatic heterocycles. The van der Waals surface area contributed by atoms with Gasteiger partial charge in [-0.05, 0) is 31.2 Å². The lowest BCUT2D eigenvalue weighted by atomic mass is 10.1. The quantitative estimate of drug-likeness (QED) is 0.578. The van der Waals surface area contributed by atoms with Gasteiger partial charge in [0.05, 0.1) is 28.6 Å². The summed E-state index contributed by atoms with van der Waals surface area (Å²) in [4.78, 5) is 17.2. The van der Waals surface area contributed by atoms with Gasteiger partial charge in [0.2, 0.25) is 0 Å². The maximum atomic E-state index is 10.9. The molecular weight excluding hydrogens is 312 g/mol. The van der Waals surface area contributed by atoms with Crippen molar-refractivity contribution >= 4 is 33.7 Å². The second-order valence-electron chi connectivity index (χ2n) is 4.99. The van der Waals surface area contributed by atoms with E-state index in [0.717, 1.165) is 0 Å². The van der Waals surface area contributed by atoms with E-state index in [0.29, 0.717) is 28.8 Å². The SMILES string of the molecule is Cc1ccc(CNc2cc(C#N)c3cc([N+](=O)[O-])ccc3n2)s1. The number of nitrogens with one attached hydrogen (secondary N) is 1. The van der Waals surface area contributed by atoms with Crippen LogP contribution in [0, 0.1) is 28.4 Å². The molecule has 2 heterocycles. The Morgan fingerprint density at radius 3 is 2.83 bits per heavy atom. The minimum absolute atomic E-state index is 0.0504. The highest BCUT2D eigenvalue weighted by molar-refractivity contribution is 7.11. The number of nitriles is 1. The monoisotopic (exact) mass is 324 g/mol. The minimum atomic E-state index is -0.480. The molecule has 0 spiro atoms. The molecule has 7 heteroatoms. The van der Waals surface area contributed by atoms with Crippen molar-refractivity contribution in [3.8, 4) is 6.07 Å². The zero-order valence-electron chi connectivity index (χ0n) is 12.2. The topological polar surface area (TPSA) is 91.8 Å². The lowest BCUT2D eigenvalue weighted by Crippen LogP contribution is -2.01. The molecule has 0 aliphatic heterocycles. The molecule has 0 amide bonds. The van der Waals surface area contributed by atoms with Gasteiger partial charge in [-0.2, -0.15) is 5.26 Å². The molecule has 0 fully saturated rings. The molecule has 114 valence electrons. The minimum Gasteiger partial charge on any atom is -0.365 e. The first-order valence-corrected chi connectivity index (χ1v) is 7.67. The van der Waals surface area contributed by atoms with Crippen molar-refractivity contribution < 1.29 is 4.92 Å². The Morgan fingerprint density at radius 2 is 2.17 bits per heavy atom. The smallest absolute Gasteiger partial charge is 0.270 e. The van der Waals surface area contributed by atoms with E-state index in [1.165, 1.54) is 21.9 Å². The molecule has 1 aromatic carbocycles. The fourth-order valence-corrected chi connectivity index (χ4v) is 3.10. The van der Waals surface area contributed by atoms with E-state index in [-0.39, 0.29) is 5.69 Å². The first kappa shape index (κ1) is 14.9. The first-order valence-electron chi connectivity index (χ1n) is 6.85. The van der Waals surface area contributed by atoms with Gasteiger partial charge in [0.25, 0.3) is 5.69 Å². The van der Waals surface area contributed by atoms with Crippen LogP contribution in [0.2, 0.25) is 0 Å². The number of aromatic nitrogens is 1. The molecule has 0 saturated carbocycles. The van der Waals surface area contributed by atoms with E-state index >= 15 is 0 Å². The van der Waals surface area contributed by atoms with Crippen LogP contribution in [0.15, 0.2) is 36.4 Å². The number of rotatable bonds is 4. The van der Waals surface area contributed by atoms with Crippen LogP contribution in [0.5, 0.6) is 0 Å². The number of hydrogen-bond acceptors (Lipinski definition) is 6. The predicted octanol–water partition coefficient (Wildman–Crippen LogP) is 4.00. The summed E-state index contributed by atoms with van der Waals surface area (Å²) in [6.07, 6.45) is 0. The number of nitro groups is 1. The normalized spacial score (nSPS) is 10.4. The Kier molecular flexibility index (Phi) is 3.91. The highest BCUT2D eigenvalue weighted by atomic mass is 32.1. The van der Waals surface area contributed by atoms with Crippen molar-refractivity contribution in [2.75, 3.05) is 5.32 Å². The van der Waals surface area contributed by atoms with Crippen LogP contribution in [-0.4, -0.2) is 9.91 Å². The second-order valence-corrected chi connectivity index (χ2v) is 6.36. The van der Waals surface area contributed by atoms with Gasteiger partial charge in [-0.1, -0.05) is 0 Å². The molecule has 0 saturated heterocycles. The largest absolute Gasteiger partial charge is 0.365 e.